The van der Waals surface area contributed by atoms with Crippen LogP contribution in [0.5, 0.6) is 5.75 Å². The van der Waals surface area contributed by atoms with E-state index in [1.54, 1.807) is 24.2 Å². The first-order chi connectivity index (χ1) is 16.3. The average Bonchev–Trinajstić information content (AvgIpc) is 2.82. The van der Waals surface area contributed by atoms with Gasteiger partial charge in [-0.2, -0.15) is 13.2 Å². The Hall–Kier alpha value is -1.04. The van der Waals surface area contributed by atoms with Crippen LogP contribution in [-0.4, -0.2) is 21.6 Å². The summed E-state index contributed by atoms with van der Waals surface area (Å²) in [7, 11) is -0.385. The monoisotopic (exact) mass is 500 g/mol. The predicted octanol–water partition coefficient (Wildman–Crippen LogP) is 9.43. The highest BCUT2D eigenvalue weighted by Crippen LogP contribution is 2.39. The highest BCUT2D eigenvalue weighted by Gasteiger charge is 2.29. The highest BCUT2D eigenvalue weighted by molar-refractivity contribution is 6.58. The van der Waals surface area contributed by atoms with Crippen LogP contribution in [0.15, 0.2) is 18.2 Å². The summed E-state index contributed by atoms with van der Waals surface area (Å²) in [5, 5.41) is 0. The van der Waals surface area contributed by atoms with Gasteiger partial charge in [-0.25, -0.2) is 4.39 Å². The van der Waals surface area contributed by atoms with Gasteiger partial charge in [0.25, 0.3) is 0 Å². The van der Waals surface area contributed by atoms with Crippen molar-refractivity contribution in [1.82, 2.24) is 0 Å². The zero-order valence-electron chi connectivity index (χ0n) is 21.0. The van der Waals surface area contributed by atoms with Gasteiger partial charge in [0.1, 0.15) is 0 Å². The van der Waals surface area contributed by atoms with Gasteiger partial charge >= 0.3 is 6.18 Å². The van der Waals surface area contributed by atoms with E-state index in [9.17, 15) is 17.6 Å². The van der Waals surface area contributed by atoms with Crippen LogP contribution in [0.2, 0.25) is 18.1 Å². The third-order valence-corrected chi connectivity index (χ3v) is 11.8. The van der Waals surface area contributed by atoms with E-state index in [4.69, 9.17) is 0 Å². The molecular formula is C28H44F4OSi. The lowest BCUT2D eigenvalue weighted by atomic mass is 9.77. The van der Waals surface area contributed by atoms with E-state index in [0.29, 0.717) is 5.92 Å². The van der Waals surface area contributed by atoms with Crippen LogP contribution >= 0.6 is 0 Å². The second-order valence-electron chi connectivity index (χ2n) is 11.0. The number of alkyl halides is 3. The molecule has 0 spiro atoms. The molecule has 0 radical (unpaired) electrons. The van der Waals surface area contributed by atoms with Crippen molar-refractivity contribution >= 4 is 8.80 Å². The number of unbranched alkanes of at least 4 members (excludes halogenated alkanes) is 3. The smallest absolute Gasteiger partial charge is 0.422 e. The molecule has 1 saturated heterocycles. The summed E-state index contributed by atoms with van der Waals surface area (Å²) in [5.74, 6) is 1.06. The maximum Gasteiger partial charge on any atom is 0.422 e. The maximum atomic E-state index is 14.2. The molecule has 0 N–H and O–H groups in total. The van der Waals surface area contributed by atoms with Gasteiger partial charge < -0.3 is 4.74 Å². The Kier molecular flexibility index (Phi) is 11.3. The van der Waals surface area contributed by atoms with Gasteiger partial charge in [0.05, 0.1) is 0 Å². The van der Waals surface area contributed by atoms with Gasteiger partial charge in [-0.05, 0) is 61.1 Å². The zero-order valence-corrected chi connectivity index (χ0v) is 22.1. The fourth-order valence-electron chi connectivity index (χ4n) is 6.19. The maximum absolute atomic E-state index is 14.2. The van der Waals surface area contributed by atoms with E-state index in [1.807, 2.05) is 0 Å². The minimum absolute atomic E-state index is 0.305. The van der Waals surface area contributed by atoms with Crippen molar-refractivity contribution < 1.29 is 22.3 Å². The lowest BCUT2D eigenvalue weighted by Crippen LogP contribution is -2.21. The zero-order chi connectivity index (χ0) is 24.4. The van der Waals surface area contributed by atoms with Crippen LogP contribution < -0.4 is 4.74 Å². The first-order valence-corrected chi connectivity index (χ1v) is 16.3. The minimum atomic E-state index is -4.46. The summed E-state index contributed by atoms with van der Waals surface area (Å²) in [5.41, 5.74) is 0.893. The van der Waals surface area contributed by atoms with Crippen LogP contribution in [0.3, 0.4) is 0 Å². The van der Waals surface area contributed by atoms with Crippen LogP contribution in [0, 0.1) is 17.7 Å². The Morgan fingerprint density at radius 1 is 0.882 bits per heavy atom. The highest BCUT2D eigenvalue weighted by atomic mass is 28.3. The third-order valence-electron chi connectivity index (χ3n) is 8.32. The van der Waals surface area contributed by atoms with Crippen molar-refractivity contribution in [3.8, 4) is 5.75 Å². The van der Waals surface area contributed by atoms with E-state index < -0.39 is 18.6 Å². The van der Waals surface area contributed by atoms with Gasteiger partial charge in [0.2, 0.25) is 0 Å². The topological polar surface area (TPSA) is 9.23 Å². The quantitative estimate of drug-likeness (QED) is 0.158. The minimum Gasteiger partial charge on any atom is -0.481 e. The SMILES string of the molecule is CCCCC[SiH]1CCC(CCCCC2CCC(c3ccc(OCC(F)(F)F)c(F)c3)CC2)CC1. The molecule has 3 rings (SSSR count). The van der Waals surface area contributed by atoms with Crippen molar-refractivity contribution in [3.05, 3.63) is 29.6 Å². The van der Waals surface area contributed by atoms with Gasteiger partial charge in [-0.15, -0.1) is 0 Å². The van der Waals surface area contributed by atoms with Crippen LogP contribution in [0.4, 0.5) is 17.6 Å². The van der Waals surface area contributed by atoms with E-state index in [-0.39, 0.29) is 14.5 Å². The Labute approximate surface area is 205 Å². The van der Waals surface area contributed by atoms with Crippen molar-refractivity contribution in [1.29, 1.82) is 0 Å². The lowest BCUT2D eigenvalue weighted by molar-refractivity contribution is -0.153. The van der Waals surface area contributed by atoms with Crippen LogP contribution in [0.1, 0.15) is 102 Å². The summed E-state index contributed by atoms with van der Waals surface area (Å²) in [6.45, 7) is 0.837. The molecule has 1 saturated carbocycles. The Bertz CT molecular complexity index is 707. The van der Waals surface area contributed by atoms with Crippen molar-refractivity contribution in [2.45, 2.75) is 121 Å². The van der Waals surface area contributed by atoms with Crippen LogP contribution in [0.25, 0.3) is 0 Å². The predicted molar refractivity (Wildman–Crippen MR) is 135 cm³/mol. The number of halogens is 4. The molecule has 1 aromatic rings. The summed E-state index contributed by atoms with van der Waals surface area (Å²) in [6, 6.07) is 9.23. The lowest BCUT2D eigenvalue weighted by Gasteiger charge is -2.30. The molecule has 0 amide bonds. The van der Waals surface area contributed by atoms with E-state index in [0.717, 1.165) is 30.2 Å². The first kappa shape index (κ1) is 27.5. The third kappa shape index (κ3) is 9.54. The van der Waals surface area contributed by atoms with Gasteiger partial charge in [0.15, 0.2) is 18.2 Å². The van der Waals surface area contributed by atoms with Crippen LogP contribution in [-0.2, 0) is 0 Å². The Morgan fingerprint density at radius 2 is 1.53 bits per heavy atom. The molecule has 0 bridgehead atoms. The van der Waals surface area contributed by atoms with E-state index in [1.165, 1.54) is 82.8 Å². The molecular weight excluding hydrogens is 456 g/mol. The molecule has 1 aromatic carbocycles. The molecule has 34 heavy (non-hydrogen) atoms. The molecule has 0 unspecified atom stereocenters. The van der Waals surface area contributed by atoms with Gasteiger partial charge in [-0.3, -0.25) is 0 Å². The number of benzene rings is 1. The van der Waals surface area contributed by atoms with Crippen molar-refractivity contribution in [2.24, 2.45) is 11.8 Å². The largest absolute Gasteiger partial charge is 0.481 e. The molecule has 1 aliphatic heterocycles. The molecule has 6 heteroatoms. The average molecular weight is 501 g/mol. The molecule has 1 aliphatic carbocycles. The fraction of sp³-hybridized carbons (Fsp3) is 0.786. The number of hydrogen-bond acceptors (Lipinski definition) is 1. The second kappa shape index (κ2) is 13.9. The molecule has 194 valence electrons. The van der Waals surface area contributed by atoms with E-state index >= 15 is 0 Å². The standard InChI is InChI=1S/C28H44F4OSi/c1-2-3-6-17-34-18-15-23(16-19-34)8-5-4-7-22-9-11-24(12-10-22)25-13-14-27(26(29)20-25)33-21-28(30,31)32/h13-14,20,22-24,34H,2-12,15-19,21H2,1H3. The first-order valence-electron chi connectivity index (χ1n) is 13.8. The number of hydrogen-bond donors (Lipinski definition) is 0. The summed E-state index contributed by atoms with van der Waals surface area (Å²) in [4.78, 5) is 0. The van der Waals surface area contributed by atoms with Gasteiger partial charge in [0, 0.05) is 8.80 Å². The van der Waals surface area contributed by atoms with Crippen molar-refractivity contribution in [3.63, 3.8) is 0 Å². The molecule has 1 heterocycles. The second-order valence-corrected chi connectivity index (χ2v) is 14.4. The molecule has 0 aromatic heterocycles. The Balaban J connectivity index is 1.28. The van der Waals surface area contributed by atoms with Crippen molar-refractivity contribution in [2.75, 3.05) is 6.61 Å². The molecule has 2 aliphatic rings. The molecule has 1 nitrogen and oxygen atoms in total. The van der Waals surface area contributed by atoms with Gasteiger partial charge in [-0.1, -0.05) is 88.9 Å². The molecule has 2 fully saturated rings. The normalized spacial score (nSPS) is 25.9. The summed E-state index contributed by atoms with van der Waals surface area (Å²) < 4.78 is 55.7. The summed E-state index contributed by atoms with van der Waals surface area (Å²) >= 11 is 0. The van der Waals surface area contributed by atoms with E-state index in [2.05, 4.69) is 11.7 Å². The number of rotatable bonds is 12. The Morgan fingerprint density at radius 3 is 2.12 bits per heavy atom. The fourth-order valence-corrected chi connectivity index (χ4v) is 9.81. The number of ether oxygens (including phenoxy) is 1. The summed E-state index contributed by atoms with van der Waals surface area (Å²) in [6.07, 6.45) is 12.7. The molecule has 0 atom stereocenters.